The van der Waals surface area contributed by atoms with Crippen LogP contribution in [0, 0.1) is 0 Å². The van der Waals surface area contributed by atoms with E-state index < -0.39 is 22.0 Å². The SMILES string of the molecule is CC[C@@H](C(=O)NCc1ccccc1Cl)N(c1ccc(Cl)cc1)S(C)(=O)=O. The highest BCUT2D eigenvalue weighted by Crippen LogP contribution is 2.24. The molecule has 0 unspecified atom stereocenters. The van der Waals surface area contributed by atoms with Crippen LogP contribution in [0.5, 0.6) is 0 Å². The van der Waals surface area contributed by atoms with Crippen LogP contribution < -0.4 is 9.62 Å². The van der Waals surface area contributed by atoms with Crippen molar-refractivity contribution in [1.82, 2.24) is 5.32 Å². The molecule has 0 radical (unpaired) electrons. The Bertz CT molecular complexity index is 870. The molecule has 0 bridgehead atoms. The van der Waals surface area contributed by atoms with E-state index in [1.54, 1.807) is 49.4 Å². The van der Waals surface area contributed by atoms with Gasteiger partial charge in [-0.05, 0) is 42.3 Å². The molecule has 140 valence electrons. The predicted octanol–water partition coefficient (Wildman–Crippen LogP) is 3.85. The summed E-state index contributed by atoms with van der Waals surface area (Å²) in [5.74, 6) is -0.396. The van der Waals surface area contributed by atoms with Gasteiger partial charge in [0.2, 0.25) is 15.9 Å². The first kappa shape index (κ1) is 20.6. The van der Waals surface area contributed by atoms with Gasteiger partial charge in [0.25, 0.3) is 0 Å². The molecule has 2 aromatic rings. The summed E-state index contributed by atoms with van der Waals surface area (Å²) < 4.78 is 25.8. The molecule has 26 heavy (non-hydrogen) atoms. The standard InChI is InChI=1S/C18H20Cl2N2O3S/c1-3-17(18(23)21-12-13-6-4-5-7-16(13)20)22(26(2,24)25)15-10-8-14(19)9-11-15/h4-11,17H,3,12H2,1-2H3,(H,21,23)/t17-/m0/s1. The summed E-state index contributed by atoms with van der Waals surface area (Å²) in [4.78, 5) is 12.7. The Labute approximate surface area is 164 Å². The van der Waals surface area contributed by atoms with E-state index >= 15 is 0 Å². The number of hydrogen-bond donors (Lipinski definition) is 1. The van der Waals surface area contributed by atoms with Gasteiger partial charge in [-0.2, -0.15) is 0 Å². The second-order valence-electron chi connectivity index (χ2n) is 5.77. The fourth-order valence-corrected chi connectivity index (χ4v) is 4.13. The van der Waals surface area contributed by atoms with Gasteiger partial charge in [-0.3, -0.25) is 9.10 Å². The van der Waals surface area contributed by atoms with E-state index in [1.165, 1.54) is 0 Å². The zero-order valence-electron chi connectivity index (χ0n) is 14.4. The van der Waals surface area contributed by atoms with Crippen LogP contribution in [0.25, 0.3) is 0 Å². The minimum atomic E-state index is -3.67. The molecule has 0 aliphatic rings. The summed E-state index contributed by atoms with van der Waals surface area (Å²) >= 11 is 12.0. The molecule has 2 rings (SSSR count). The first-order valence-corrected chi connectivity index (χ1v) is 10.6. The third-order valence-electron chi connectivity index (χ3n) is 3.82. The molecule has 1 atom stereocenters. The lowest BCUT2D eigenvalue weighted by Crippen LogP contribution is -2.49. The zero-order valence-corrected chi connectivity index (χ0v) is 16.8. The Hall–Kier alpha value is -1.76. The van der Waals surface area contributed by atoms with Gasteiger partial charge in [-0.1, -0.05) is 48.3 Å². The van der Waals surface area contributed by atoms with Crippen molar-refractivity contribution >= 4 is 44.8 Å². The molecule has 0 saturated heterocycles. The number of anilines is 1. The summed E-state index contributed by atoms with van der Waals surface area (Å²) in [7, 11) is -3.67. The van der Waals surface area contributed by atoms with Gasteiger partial charge < -0.3 is 5.32 Å². The van der Waals surface area contributed by atoms with Crippen molar-refractivity contribution in [3.05, 3.63) is 64.1 Å². The largest absolute Gasteiger partial charge is 0.350 e. The van der Waals surface area contributed by atoms with E-state index in [9.17, 15) is 13.2 Å². The minimum Gasteiger partial charge on any atom is -0.350 e. The van der Waals surface area contributed by atoms with Crippen molar-refractivity contribution in [2.75, 3.05) is 10.6 Å². The van der Waals surface area contributed by atoms with Crippen LogP contribution in [0.2, 0.25) is 10.0 Å². The average molecular weight is 415 g/mol. The molecule has 5 nitrogen and oxygen atoms in total. The van der Waals surface area contributed by atoms with Crippen molar-refractivity contribution in [2.24, 2.45) is 0 Å². The highest BCUT2D eigenvalue weighted by atomic mass is 35.5. The number of sulfonamides is 1. The number of carbonyl (C=O) groups excluding carboxylic acids is 1. The minimum absolute atomic E-state index is 0.216. The fraction of sp³-hybridized carbons (Fsp3) is 0.278. The van der Waals surface area contributed by atoms with Crippen molar-refractivity contribution < 1.29 is 13.2 Å². The maximum absolute atomic E-state index is 12.7. The second-order valence-corrected chi connectivity index (χ2v) is 8.47. The smallest absolute Gasteiger partial charge is 0.244 e. The van der Waals surface area contributed by atoms with E-state index in [0.717, 1.165) is 16.1 Å². The molecule has 0 aromatic heterocycles. The maximum Gasteiger partial charge on any atom is 0.244 e. The van der Waals surface area contributed by atoms with Gasteiger partial charge >= 0.3 is 0 Å². The van der Waals surface area contributed by atoms with Gasteiger partial charge in [0, 0.05) is 16.6 Å². The summed E-state index contributed by atoms with van der Waals surface area (Å²) in [5.41, 5.74) is 1.14. The van der Waals surface area contributed by atoms with E-state index in [2.05, 4.69) is 5.32 Å². The number of hydrogen-bond acceptors (Lipinski definition) is 3. The molecule has 8 heteroatoms. The van der Waals surface area contributed by atoms with E-state index in [1.807, 2.05) is 6.07 Å². The molecular formula is C18H20Cl2N2O3S. The van der Waals surface area contributed by atoms with Gasteiger partial charge in [0.15, 0.2) is 0 Å². The van der Waals surface area contributed by atoms with Crippen LogP contribution in [-0.4, -0.2) is 26.6 Å². The van der Waals surface area contributed by atoms with Crippen molar-refractivity contribution in [1.29, 1.82) is 0 Å². The van der Waals surface area contributed by atoms with Gasteiger partial charge in [0.1, 0.15) is 6.04 Å². The Morgan fingerprint density at radius 3 is 2.27 bits per heavy atom. The van der Waals surface area contributed by atoms with E-state index in [4.69, 9.17) is 23.2 Å². The van der Waals surface area contributed by atoms with E-state index in [0.29, 0.717) is 22.2 Å². The molecule has 0 aliphatic carbocycles. The first-order valence-electron chi connectivity index (χ1n) is 8.00. The second kappa shape index (κ2) is 8.75. The Kier molecular flexibility index (Phi) is 6.92. The highest BCUT2D eigenvalue weighted by molar-refractivity contribution is 7.92. The third kappa shape index (κ3) is 5.13. The van der Waals surface area contributed by atoms with Crippen LogP contribution in [-0.2, 0) is 21.4 Å². The summed E-state index contributed by atoms with van der Waals surface area (Å²) in [6, 6.07) is 12.6. The van der Waals surface area contributed by atoms with Crippen LogP contribution in [0.4, 0.5) is 5.69 Å². The van der Waals surface area contributed by atoms with Crippen LogP contribution in [0.1, 0.15) is 18.9 Å². The maximum atomic E-state index is 12.7. The molecule has 2 aromatic carbocycles. The average Bonchev–Trinajstić information content (AvgIpc) is 2.58. The zero-order chi connectivity index (χ0) is 19.3. The molecule has 1 amide bonds. The lowest BCUT2D eigenvalue weighted by molar-refractivity contribution is -0.122. The summed E-state index contributed by atoms with van der Waals surface area (Å²) in [6.07, 6.45) is 1.38. The van der Waals surface area contributed by atoms with Crippen LogP contribution in [0.3, 0.4) is 0 Å². The topological polar surface area (TPSA) is 66.5 Å². The monoisotopic (exact) mass is 414 g/mol. The molecular weight excluding hydrogens is 395 g/mol. The normalized spacial score (nSPS) is 12.5. The highest BCUT2D eigenvalue weighted by Gasteiger charge is 2.31. The lowest BCUT2D eigenvalue weighted by atomic mass is 10.1. The fourth-order valence-electron chi connectivity index (χ4n) is 2.59. The quantitative estimate of drug-likeness (QED) is 0.747. The van der Waals surface area contributed by atoms with Crippen molar-refractivity contribution in [2.45, 2.75) is 25.9 Å². The van der Waals surface area contributed by atoms with Crippen molar-refractivity contribution in [3.8, 4) is 0 Å². The molecule has 0 fully saturated rings. The number of amides is 1. The number of carbonyl (C=O) groups is 1. The van der Waals surface area contributed by atoms with Gasteiger partial charge in [-0.25, -0.2) is 8.42 Å². The van der Waals surface area contributed by atoms with E-state index in [-0.39, 0.29) is 6.54 Å². The molecule has 0 aliphatic heterocycles. The van der Waals surface area contributed by atoms with Crippen molar-refractivity contribution in [3.63, 3.8) is 0 Å². The Balaban J connectivity index is 2.25. The predicted molar refractivity (Wildman–Crippen MR) is 106 cm³/mol. The molecule has 1 N–H and O–H groups in total. The molecule has 0 saturated carbocycles. The molecule has 0 heterocycles. The Morgan fingerprint density at radius 1 is 1.12 bits per heavy atom. The number of nitrogens with zero attached hydrogens (tertiary/aromatic N) is 1. The number of rotatable bonds is 7. The molecule has 0 spiro atoms. The van der Waals surface area contributed by atoms with Crippen LogP contribution in [0.15, 0.2) is 48.5 Å². The number of benzene rings is 2. The van der Waals surface area contributed by atoms with Crippen LogP contribution >= 0.6 is 23.2 Å². The van der Waals surface area contributed by atoms with Gasteiger partial charge in [-0.15, -0.1) is 0 Å². The van der Waals surface area contributed by atoms with Gasteiger partial charge in [0.05, 0.1) is 11.9 Å². The summed E-state index contributed by atoms with van der Waals surface area (Å²) in [6.45, 7) is 1.97. The number of halogens is 2. The third-order valence-corrected chi connectivity index (χ3v) is 5.62. The lowest BCUT2D eigenvalue weighted by Gasteiger charge is -2.30. The number of nitrogens with one attached hydrogen (secondary N) is 1. The Morgan fingerprint density at radius 2 is 1.73 bits per heavy atom. The summed E-state index contributed by atoms with van der Waals surface area (Å²) in [5, 5.41) is 3.79. The first-order chi connectivity index (χ1) is 12.2.